The van der Waals surface area contributed by atoms with Crippen molar-refractivity contribution in [3.05, 3.63) is 56.5 Å². The minimum absolute atomic E-state index is 0.376. The molecule has 0 radical (unpaired) electrons. The Morgan fingerprint density at radius 3 is 2.81 bits per heavy atom. The van der Waals surface area contributed by atoms with Crippen molar-refractivity contribution >= 4 is 39.1 Å². The normalized spacial score (nSPS) is 14.5. The zero-order chi connectivity index (χ0) is 15.0. The van der Waals surface area contributed by atoms with Gasteiger partial charge in [-0.15, -0.1) is 11.6 Å². The van der Waals surface area contributed by atoms with Crippen molar-refractivity contribution < 1.29 is 9.47 Å². The van der Waals surface area contributed by atoms with Gasteiger partial charge in [-0.2, -0.15) is 0 Å². The van der Waals surface area contributed by atoms with Crippen LogP contribution in [-0.4, -0.2) is 13.7 Å². The Labute approximate surface area is 142 Å². The van der Waals surface area contributed by atoms with E-state index in [-0.39, 0.29) is 5.38 Å². The van der Waals surface area contributed by atoms with Gasteiger partial charge in [-0.3, -0.25) is 0 Å². The summed E-state index contributed by atoms with van der Waals surface area (Å²) in [6.45, 7) is 0.670. The third-order valence-corrected chi connectivity index (χ3v) is 4.70. The van der Waals surface area contributed by atoms with Gasteiger partial charge in [0.1, 0.15) is 11.5 Å². The Balaban J connectivity index is 2.09. The molecule has 0 spiro atoms. The molecule has 0 amide bonds. The lowest BCUT2D eigenvalue weighted by atomic mass is 10.00. The van der Waals surface area contributed by atoms with E-state index in [0.717, 1.165) is 39.1 Å². The first-order valence-electron chi connectivity index (χ1n) is 6.52. The Kier molecular flexibility index (Phi) is 4.34. The van der Waals surface area contributed by atoms with Crippen molar-refractivity contribution in [2.24, 2.45) is 0 Å². The van der Waals surface area contributed by atoms with Gasteiger partial charge >= 0.3 is 0 Å². The average Bonchev–Trinajstić information content (AvgIpc) is 2.93. The van der Waals surface area contributed by atoms with E-state index in [1.807, 2.05) is 30.3 Å². The highest BCUT2D eigenvalue weighted by Crippen LogP contribution is 2.44. The van der Waals surface area contributed by atoms with Crippen LogP contribution in [0.2, 0.25) is 5.02 Å². The fourth-order valence-electron chi connectivity index (χ4n) is 2.55. The van der Waals surface area contributed by atoms with Crippen LogP contribution in [0.25, 0.3) is 0 Å². The van der Waals surface area contributed by atoms with E-state index in [1.165, 1.54) is 0 Å². The van der Waals surface area contributed by atoms with E-state index in [4.69, 9.17) is 32.7 Å². The summed E-state index contributed by atoms with van der Waals surface area (Å²) in [5.41, 5.74) is 2.89. The highest BCUT2D eigenvalue weighted by Gasteiger charge is 2.25. The molecule has 1 aliphatic heterocycles. The fraction of sp³-hybridized carbons (Fsp3) is 0.250. The molecule has 0 saturated heterocycles. The monoisotopic (exact) mass is 386 g/mol. The van der Waals surface area contributed by atoms with Crippen molar-refractivity contribution in [3.8, 4) is 11.5 Å². The van der Waals surface area contributed by atoms with Gasteiger partial charge in [0.25, 0.3) is 0 Å². The predicted molar refractivity (Wildman–Crippen MR) is 89.0 cm³/mol. The van der Waals surface area contributed by atoms with E-state index < -0.39 is 0 Å². The average molecular weight is 388 g/mol. The van der Waals surface area contributed by atoms with Gasteiger partial charge in [0.2, 0.25) is 0 Å². The Morgan fingerprint density at radius 1 is 1.24 bits per heavy atom. The van der Waals surface area contributed by atoms with Gasteiger partial charge in [-0.05, 0) is 29.8 Å². The van der Waals surface area contributed by atoms with E-state index >= 15 is 0 Å². The molecule has 3 rings (SSSR count). The van der Waals surface area contributed by atoms with Gasteiger partial charge in [-0.25, -0.2) is 0 Å². The van der Waals surface area contributed by atoms with E-state index in [0.29, 0.717) is 11.6 Å². The van der Waals surface area contributed by atoms with Crippen LogP contribution >= 0.6 is 39.1 Å². The molecule has 0 aliphatic carbocycles. The Hall–Kier alpha value is -0.900. The molecule has 110 valence electrons. The van der Waals surface area contributed by atoms with Crippen molar-refractivity contribution in [1.82, 2.24) is 0 Å². The molecule has 2 aromatic carbocycles. The molecule has 1 atom stereocenters. The smallest absolute Gasteiger partial charge is 0.127 e. The zero-order valence-electron chi connectivity index (χ0n) is 11.3. The third-order valence-electron chi connectivity index (χ3n) is 3.52. The molecule has 0 N–H and O–H groups in total. The number of methoxy groups -OCH3 is 1. The minimum atomic E-state index is -0.376. The van der Waals surface area contributed by atoms with Crippen LogP contribution in [0.4, 0.5) is 0 Å². The first-order valence-corrected chi connectivity index (χ1v) is 8.13. The van der Waals surface area contributed by atoms with Gasteiger partial charge in [0.05, 0.1) is 19.1 Å². The highest BCUT2D eigenvalue weighted by atomic mass is 79.9. The molecule has 0 fully saturated rings. The largest absolute Gasteiger partial charge is 0.496 e. The van der Waals surface area contributed by atoms with Gasteiger partial charge in [0.15, 0.2) is 0 Å². The molecule has 0 bridgehead atoms. The summed E-state index contributed by atoms with van der Waals surface area (Å²) < 4.78 is 12.1. The van der Waals surface area contributed by atoms with Crippen LogP contribution in [0.5, 0.6) is 11.5 Å². The van der Waals surface area contributed by atoms with Crippen LogP contribution in [0.1, 0.15) is 22.1 Å². The highest BCUT2D eigenvalue weighted by molar-refractivity contribution is 9.10. The minimum Gasteiger partial charge on any atom is -0.496 e. The quantitative estimate of drug-likeness (QED) is 0.658. The zero-order valence-corrected chi connectivity index (χ0v) is 14.4. The predicted octanol–water partition coefficient (Wildman–Crippen LogP) is 5.37. The topological polar surface area (TPSA) is 18.5 Å². The number of benzene rings is 2. The first kappa shape index (κ1) is 15.0. The molecule has 2 nitrogen and oxygen atoms in total. The number of alkyl halides is 1. The second-order valence-corrected chi connectivity index (χ2v) is 6.62. The summed E-state index contributed by atoms with van der Waals surface area (Å²) in [6, 6.07) is 9.60. The van der Waals surface area contributed by atoms with Crippen LogP contribution in [0, 0.1) is 0 Å². The number of rotatable bonds is 3. The summed E-state index contributed by atoms with van der Waals surface area (Å²) in [5, 5.41) is 0.301. The number of hydrogen-bond donors (Lipinski definition) is 0. The molecule has 21 heavy (non-hydrogen) atoms. The van der Waals surface area contributed by atoms with Crippen LogP contribution in [0.15, 0.2) is 34.8 Å². The maximum absolute atomic E-state index is 6.69. The summed E-state index contributed by atoms with van der Waals surface area (Å²) in [7, 11) is 1.63. The van der Waals surface area contributed by atoms with Gasteiger partial charge in [-0.1, -0.05) is 33.6 Å². The number of ether oxygens (including phenoxy) is 2. The molecule has 5 heteroatoms. The van der Waals surface area contributed by atoms with E-state index in [9.17, 15) is 0 Å². The SMILES string of the molecule is COc1cc(Br)ccc1C(Cl)c1cc(Cl)cc2c1OCC2. The molecule has 1 heterocycles. The van der Waals surface area contributed by atoms with Crippen LogP contribution < -0.4 is 9.47 Å². The fourth-order valence-corrected chi connectivity index (χ4v) is 3.48. The summed E-state index contributed by atoms with van der Waals surface area (Å²) in [5.74, 6) is 1.58. The third kappa shape index (κ3) is 2.87. The molecule has 1 unspecified atom stereocenters. The van der Waals surface area contributed by atoms with Crippen LogP contribution in [0.3, 0.4) is 0 Å². The Bertz CT molecular complexity index is 688. The lowest BCUT2D eigenvalue weighted by molar-refractivity contribution is 0.353. The van der Waals surface area contributed by atoms with E-state index in [2.05, 4.69) is 15.9 Å². The van der Waals surface area contributed by atoms with Gasteiger partial charge < -0.3 is 9.47 Å². The lowest BCUT2D eigenvalue weighted by Crippen LogP contribution is -2.00. The van der Waals surface area contributed by atoms with Crippen molar-refractivity contribution in [2.75, 3.05) is 13.7 Å². The van der Waals surface area contributed by atoms with Crippen molar-refractivity contribution in [1.29, 1.82) is 0 Å². The number of halogens is 3. The Morgan fingerprint density at radius 2 is 2.05 bits per heavy atom. The molecular weight excluding hydrogens is 375 g/mol. The number of hydrogen-bond acceptors (Lipinski definition) is 2. The van der Waals surface area contributed by atoms with Gasteiger partial charge in [0, 0.05) is 27.0 Å². The molecule has 0 aromatic heterocycles. The van der Waals surface area contributed by atoms with Crippen molar-refractivity contribution in [3.63, 3.8) is 0 Å². The maximum Gasteiger partial charge on any atom is 0.127 e. The van der Waals surface area contributed by atoms with E-state index in [1.54, 1.807) is 7.11 Å². The molecule has 1 aliphatic rings. The molecule has 2 aromatic rings. The van der Waals surface area contributed by atoms with Crippen molar-refractivity contribution in [2.45, 2.75) is 11.8 Å². The second kappa shape index (κ2) is 6.07. The lowest BCUT2D eigenvalue weighted by Gasteiger charge is -2.17. The molecule has 0 saturated carbocycles. The number of fused-ring (bicyclic) bond motifs is 1. The summed E-state index contributed by atoms with van der Waals surface area (Å²) in [6.07, 6.45) is 0.865. The maximum atomic E-state index is 6.69. The summed E-state index contributed by atoms with van der Waals surface area (Å²) in [4.78, 5) is 0. The first-order chi connectivity index (χ1) is 10.1. The van der Waals surface area contributed by atoms with Crippen LogP contribution in [-0.2, 0) is 6.42 Å². The second-order valence-electron chi connectivity index (χ2n) is 4.83. The summed E-state index contributed by atoms with van der Waals surface area (Å²) >= 11 is 16.3. The molecular formula is C16H13BrCl2O2. The standard InChI is InChI=1S/C16H13BrCl2O2/c1-20-14-7-10(17)2-3-12(14)15(19)13-8-11(18)6-9-4-5-21-16(9)13/h2-3,6-8,15H,4-5H2,1H3.